The molecule has 0 saturated carbocycles. The number of carboxylic acids is 1. The molecule has 21 heavy (non-hydrogen) atoms. The summed E-state index contributed by atoms with van der Waals surface area (Å²) in [6, 6.07) is 8.06. The van der Waals surface area contributed by atoms with E-state index in [0.717, 1.165) is 25.1 Å². The number of carbonyl (C=O) groups excluding carboxylic acids is 1. The monoisotopic (exact) mass is 288 g/mol. The van der Waals surface area contributed by atoms with E-state index in [1.54, 1.807) is 4.90 Å². The van der Waals surface area contributed by atoms with Crippen LogP contribution in [-0.2, 0) is 11.2 Å². The number of urea groups is 1. The van der Waals surface area contributed by atoms with Gasteiger partial charge in [-0.15, -0.1) is 0 Å². The first-order valence-corrected chi connectivity index (χ1v) is 7.54. The number of benzene rings is 1. The lowest BCUT2D eigenvalue weighted by Gasteiger charge is -2.37. The van der Waals surface area contributed by atoms with Gasteiger partial charge in [0.05, 0.1) is 5.92 Å². The third kappa shape index (κ3) is 2.73. The number of likely N-dealkylation sites (tertiary alicyclic amines) is 1. The Morgan fingerprint density at radius 2 is 1.81 bits per heavy atom. The number of rotatable bonds is 1. The molecule has 5 heteroatoms. The maximum absolute atomic E-state index is 12.7. The van der Waals surface area contributed by atoms with E-state index in [0.29, 0.717) is 25.9 Å². The molecule has 0 aromatic heterocycles. The zero-order valence-electron chi connectivity index (χ0n) is 12.0. The van der Waals surface area contributed by atoms with Gasteiger partial charge >= 0.3 is 12.0 Å². The van der Waals surface area contributed by atoms with Crippen LogP contribution < -0.4 is 4.90 Å². The second kappa shape index (κ2) is 5.76. The quantitative estimate of drug-likeness (QED) is 0.863. The highest BCUT2D eigenvalue weighted by Crippen LogP contribution is 2.28. The van der Waals surface area contributed by atoms with Crippen LogP contribution in [0, 0.1) is 5.92 Å². The smallest absolute Gasteiger partial charge is 0.324 e. The highest BCUT2D eigenvalue weighted by atomic mass is 16.4. The molecule has 0 atom stereocenters. The van der Waals surface area contributed by atoms with Crippen molar-refractivity contribution < 1.29 is 14.7 Å². The number of para-hydroxylation sites is 1. The lowest BCUT2D eigenvalue weighted by Crippen LogP contribution is -2.49. The van der Waals surface area contributed by atoms with Gasteiger partial charge in [-0.05, 0) is 37.3 Å². The van der Waals surface area contributed by atoms with Gasteiger partial charge in [-0.1, -0.05) is 18.2 Å². The summed E-state index contributed by atoms with van der Waals surface area (Å²) in [6.07, 6.45) is 3.10. The molecular formula is C16H20N2O3. The summed E-state index contributed by atoms with van der Waals surface area (Å²) in [5, 5.41) is 9.03. The highest BCUT2D eigenvalue weighted by Gasteiger charge is 2.31. The Labute approximate surface area is 124 Å². The molecule has 0 aliphatic carbocycles. The average molecular weight is 288 g/mol. The lowest BCUT2D eigenvalue weighted by atomic mass is 9.97. The molecule has 3 rings (SSSR count). The second-order valence-corrected chi connectivity index (χ2v) is 5.77. The van der Waals surface area contributed by atoms with E-state index in [1.807, 2.05) is 23.1 Å². The first-order valence-electron chi connectivity index (χ1n) is 7.54. The Balaban J connectivity index is 1.71. The normalized spacial score (nSPS) is 19.2. The summed E-state index contributed by atoms with van der Waals surface area (Å²) < 4.78 is 0. The van der Waals surface area contributed by atoms with E-state index in [1.165, 1.54) is 5.56 Å². The van der Waals surface area contributed by atoms with E-state index < -0.39 is 5.97 Å². The molecule has 0 bridgehead atoms. The highest BCUT2D eigenvalue weighted by molar-refractivity contribution is 5.93. The van der Waals surface area contributed by atoms with Crippen molar-refractivity contribution in [1.82, 2.24) is 4.90 Å². The van der Waals surface area contributed by atoms with Crippen LogP contribution in [0.2, 0.25) is 0 Å². The molecule has 2 aliphatic heterocycles. The predicted molar refractivity (Wildman–Crippen MR) is 79.4 cm³/mol. The SMILES string of the molecule is O=C(O)C1CCN(C(=O)N2CCCc3ccccc32)CC1. The van der Waals surface area contributed by atoms with Crippen LogP contribution in [0.15, 0.2) is 24.3 Å². The van der Waals surface area contributed by atoms with Crippen LogP contribution in [-0.4, -0.2) is 41.6 Å². The average Bonchev–Trinajstić information content (AvgIpc) is 2.53. The van der Waals surface area contributed by atoms with Gasteiger partial charge in [0, 0.05) is 25.3 Å². The zero-order chi connectivity index (χ0) is 14.8. The number of hydrogen-bond donors (Lipinski definition) is 1. The van der Waals surface area contributed by atoms with Crippen molar-refractivity contribution in [3.8, 4) is 0 Å². The van der Waals surface area contributed by atoms with Crippen molar-refractivity contribution in [3.63, 3.8) is 0 Å². The summed E-state index contributed by atoms with van der Waals surface area (Å²) in [6.45, 7) is 1.82. The van der Waals surface area contributed by atoms with Gasteiger partial charge in [-0.2, -0.15) is 0 Å². The molecule has 1 aromatic carbocycles. The van der Waals surface area contributed by atoms with Gasteiger partial charge in [0.1, 0.15) is 0 Å². The number of aryl methyl sites for hydroxylation is 1. The summed E-state index contributed by atoms with van der Waals surface area (Å²) >= 11 is 0. The topological polar surface area (TPSA) is 60.9 Å². The van der Waals surface area contributed by atoms with Crippen molar-refractivity contribution in [3.05, 3.63) is 29.8 Å². The summed E-state index contributed by atoms with van der Waals surface area (Å²) in [5.74, 6) is -1.05. The van der Waals surface area contributed by atoms with E-state index in [9.17, 15) is 9.59 Å². The maximum atomic E-state index is 12.7. The third-order valence-electron chi connectivity index (χ3n) is 4.46. The zero-order valence-corrected chi connectivity index (χ0v) is 12.0. The first-order chi connectivity index (χ1) is 10.2. The van der Waals surface area contributed by atoms with Gasteiger partial charge in [0.25, 0.3) is 0 Å². The second-order valence-electron chi connectivity index (χ2n) is 5.77. The lowest BCUT2D eigenvalue weighted by molar-refractivity contribution is -0.143. The van der Waals surface area contributed by atoms with E-state index in [2.05, 4.69) is 6.07 Å². The summed E-state index contributed by atoms with van der Waals surface area (Å²) in [4.78, 5) is 27.3. The molecule has 112 valence electrons. The maximum Gasteiger partial charge on any atom is 0.324 e. The Bertz CT molecular complexity index is 550. The van der Waals surface area contributed by atoms with Crippen LogP contribution in [0.25, 0.3) is 0 Å². The fraction of sp³-hybridized carbons (Fsp3) is 0.500. The molecule has 1 aromatic rings. The Hall–Kier alpha value is -2.04. The minimum atomic E-state index is -0.745. The Morgan fingerprint density at radius 3 is 2.52 bits per heavy atom. The fourth-order valence-corrected chi connectivity index (χ4v) is 3.22. The Kier molecular flexibility index (Phi) is 3.82. The van der Waals surface area contributed by atoms with Crippen molar-refractivity contribution in [1.29, 1.82) is 0 Å². The van der Waals surface area contributed by atoms with Crippen LogP contribution in [0.3, 0.4) is 0 Å². The van der Waals surface area contributed by atoms with Crippen molar-refractivity contribution in [2.75, 3.05) is 24.5 Å². The predicted octanol–water partition coefficient (Wildman–Crippen LogP) is 2.36. The Morgan fingerprint density at radius 1 is 1.10 bits per heavy atom. The molecule has 0 unspecified atom stereocenters. The van der Waals surface area contributed by atoms with Gasteiger partial charge < -0.3 is 10.0 Å². The molecule has 1 N–H and O–H groups in total. The fourth-order valence-electron chi connectivity index (χ4n) is 3.22. The van der Waals surface area contributed by atoms with E-state index in [-0.39, 0.29) is 11.9 Å². The van der Waals surface area contributed by atoms with Crippen molar-refractivity contribution >= 4 is 17.7 Å². The van der Waals surface area contributed by atoms with Crippen LogP contribution in [0.4, 0.5) is 10.5 Å². The number of amides is 2. The first kappa shape index (κ1) is 13.9. The molecule has 1 fully saturated rings. The molecule has 2 heterocycles. The largest absolute Gasteiger partial charge is 0.481 e. The number of anilines is 1. The van der Waals surface area contributed by atoms with Gasteiger partial charge in [-0.3, -0.25) is 9.69 Å². The molecule has 1 saturated heterocycles. The number of carboxylic acid groups (broad SMARTS) is 1. The standard InChI is InChI=1S/C16H20N2O3/c19-15(20)13-7-10-17(11-8-13)16(21)18-9-3-5-12-4-1-2-6-14(12)18/h1-2,4,6,13H,3,5,7-11H2,(H,19,20). The van der Waals surface area contributed by atoms with Gasteiger partial charge in [0.2, 0.25) is 0 Å². The number of nitrogens with zero attached hydrogens (tertiary/aromatic N) is 2. The van der Waals surface area contributed by atoms with E-state index >= 15 is 0 Å². The number of aliphatic carboxylic acids is 1. The van der Waals surface area contributed by atoms with Crippen molar-refractivity contribution in [2.24, 2.45) is 5.92 Å². The van der Waals surface area contributed by atoms with Gasteiger partial charge in [-0.25, -0.2) is 4.79 Å². The van der Waals surface area contributed by atoms with E-state index in [4.69, 9.17) is 5.11 Å². The minimum absolute atomic E-state index is 0.0194. The molecule has 0 spiro atoms. The molecular weight excluding hydrogens is 268 g/mol. The van der Waals surface area contributed by atoms with Crippen molar-refractivity contribution in [2.45, 2.75) is 25.7 Å². The minimum Gasteiger partial charge on any atom is -0.481 e. The molecule has 0 radical (unpaired) electrons. The van der Waals surface area contributed by atoms with Crippen LogP contribution >= 0.6 is 0 Å². The number of hydrogen-bond acceptors (Lipinski definition) is 2. The van der Waals surface area contributed by atoms with Gasteiger partial charge in [0.15, 0.2) is 0 Å². The number of piperidine rings is 1. The summed E-state index contributed by atoms with van der Waals surface area (Å²) in [5.41, 5.74) is 2.23. The number of carbonyl (C=O) groups is 2. The molecule has 5 nitrogen and oxygen atoms in total. The summed E-state index contributed by atoms with van der Waals surface area (Å²) in [7, 11) is 0. The molecule has 2 amide bonds. The third-order valence-corrected chi connectivity index (χ3v) is 4.46. The van der Waals surface area contributed by atoms with Crippen LogP contribution in [0.1, 0.15) is 24.8 Å². The number of fused-ring (bicyclic) bond motifs is 1. The van der Waals surface area contributed by atoms with Crippen LogP contribution in [0.5, 0.6) is 0 Å². The molecule has 2 aliphatic rings.